The topological polar surface area (TPSA) is 26.3 Å². The Morgan fingerprint density at radius 2 is 1.23 bits per heavy atom. The van der Waals surface area contributed by atoms with Gasteiger partial charge in [-0.3, -0.25) is 4.79 Å². The van der Waals surface area contributed by atoms with Crippen molar-refractivity contribution in [2.45, 2.75) is 129 Å². The van der Waals surface area contributed by atoms with Crippen LogP contribution in [0.5, 0.6) is 0 Å². The van der Waals surface area contributed by atoms with Crippen LogP contribution in [-0.4, -0.2) is 12.1 Å². The van der Waals surface area contributed by atoms with Crippen molar-refractivity contribution in [3.8, 4) is 0 Å². The fraction of sp³-hybridized carbons (Fsp3) is 0.875. The van der Waals surface area contributed by atoms with Crippen LogP contribution in [0.15, 0.2) is 12.2 Å². The molecule has 2 atom stereocenters. The minimum atomic E-state index is 0.0264. The molecule has 0 bridgehead atoms. The van der Waals surface area contributed by atoms with Crippen molar-refractivity contribution in [2.75, 3.05) is 0 Å². The first kappa shape index (κ1) is 23.2. The molecule has 0 aromatic rings. The van der Waals surface area contributed by atoms with Gasteiger partial charge in [0.2, 0.25) is 0 Å². The van der Waals surface area contributed by atoms with Crippen molar-refractivity contribution in [1.82, 2.24) is 0 Å². The maximum absolute atomic E-state index is 11.2. The van der Waals surface area contributed by atoms with Crippen LogP contribution in [0.4, 0.5) is 0 Å². The van der Waals surface area contributed by atoms with Gasteiger partial charge in [-0.15, -0.1) is 0 Å². The monoisotopic (exact) mass is 364 g/mol. The van der Waals surface area contributed by atoms with Gasteiger partial charge in [0.05, 0.1) is 5.92 Å². The van der Waals surface area contributed by atoms with Gasteiger partial charge in [-0.1, -0.05) is 90.2 Å². The minimum absolute atomic E-state index is 0.0264. The van der Waals surface area contributed by atoms with E-state index in [0.29, 0.717) is 0 Å². The van der Waals surface area contributed by atoms with Crippen LogP contribution < -0.4 is 0 Å². The number of carbonyl (C=O) groups is 1. The Labute approximate surface area is 163 Å². The Morgan fingerprint density at radius 1 is 0.731 bits per heavy atom. The lowest BCUT2D eigenvalue weighted by Gasteiger charge is -2.34. The van der Waals surface area contributed by atoms with Crippen LogP contribution in [0.25, 0.3) is 0 Å². The first-order chi connectivity index (χ1) is 12.8. The van der Waals surface area contributed by atoms with Gasteiger partial charge in [0.1, 0.15) is 6.10 Å². The van der Waals surface area contributed by atoms with Gasteiger partial charge in [-0.05, 0) is 44.9 Å². The Balaban J connectivity index is 1.74. The molecule has 1 saturated heterocycles. The summed E-state index contributed by atoms with van der Waals surface area (Å²) in [4.78, 5) is 11.2. The lowest BCUT2D eigenvalue weighted by molar-refractivity contribution is -0.185. The van der Waals surface area contributed by atoms with Crippen molar-refractivity contribution in [2.24, 2.45) is 5.92 Å². The molecule has 1 aliphatic heterocycles. The van der Waals surface area contributed by atoms with Gasteiger partial charge in [0.25, 0.3) is 0 Å². The molecule has 1 aliphatic rings. The van der Waals surface area contributed by atoms with Crippen LogP contribution in [0.3, 0.4) is 0 Å². The number of carbonyl (C=O) groups excluding carboxylic acids is 1. The van der Waals surface area contributed by atoms with Crippen LogP contribution in [0, 0.1) is 5.92 Å². The molecule has 2 heteroatoms. The second-order valence-corrected chi connectivity index (χ2v) is 8.07. The van der Waals surface area contributed by atoms with Crippen LogP contribution >= 0.6 is 0 Å². The number of rotatable bonds is 18. The Kier molecular flexibility index (Phi) is 14.7. The molecule has 0 unspecified atom stereocenters. The SMILES string of the molecule is CCCCCCCCC=CCCCCCCCCC[C@@H]1OC(=O)[C@H]1CC. The maximum atomic E-state index is 11.2. The summed E-state index contributed by atoms with van der Waals surface area (Å²) >= 11 is 0. The molecular formula is C24H44O2. The zero-order valence-corrected chi connectivity index (χ0v) is 17.6. The molecule has 0 aliphatic carbocycles. The quantitative estimate of drug-likeness (QED) is 0.141. The largest absolute Gasteiger partial charge is 0.461 e. The third kappa shape index (κ3) is 11.0. The molecule has 0 amide bonds. The summed E-state index contributed by atoms with van der Waals surface area (Å²) in [5.74, 6) is 0.225. The second-order valence-electron chi connectivity index (χ2n) is 8.07. The number of ether oxygens (including phenoxy) is 1. The van der Waals surface area contributed by atoms with E-state index >= 15 is 0 Å². The Hall–Kier alpha value is -0.790. The van der Waals surface area contributed by atoms with E-state index in [0.717, 1.165) is 12.8 Å². The summed E-state index contributed by atoms with van der Waals surface area (Å²) in [7, 11) is 0. The van der Waals surface area contributed by atoms with Crippen molar-refractivity contribution in [3.63, 3.8) is 0 Å². The Bertz CT molecular complexity index is 361. The molecule has 0 spiro atoms. The third-order valence-corrected chi connectivity index (χ3v) is 5.71. The van der Waals surface area contributed by atoms with E-state index in [1.54, 1.807) is 0 Å². The number of cyclic esters (lactones) is 1. The Morgan fingerprint density at radius 3 is 1.73 bits per heavy atom. The van der Waals surface area contributed by atoms with E-state index < -0.39 is 0 Å². The number of hydrogen-bond donors (Lipinski definition) is 0. The lowest BCUT2D eigenvalue weighted by atomic mass is 9.90. The maximum Gasteiger partial charge on any atom is 0.312 e. The van der Waals surface area contributed by atoms with Gasteiger partial charge in [0, 0.05) is 0 Å². The lowest BCUT2D eigenvalue weighted by Crippen LogP contribution is -2.44. The third-order valence-electron chi connectivity index (χ3n) is 5.71. The zero-order valence-electron chi connectivity index (χ0n) is 17.6. The number of unbranched alkanes of at least 4 members (excludes halogenated alkanes) is 13. The average molecular weight is 365 g/mol. The molecule has 0 radical (unpaired) electrons. The standard InChI is InChI=1S/C24H44O2/c1-3-5-6-7-8-9-10-11-12-13-14-15-16-17-18-19-20-21-23-22(4-2)24(25)26-23/h11-12,22-23H,3-10,13-21H2,1-2H3/t22-,23-/m0/s1. The van der Waals surface area contributed by atoms with Gasteiger partial charge in [0.15, 0.2) is 0 Å². The van der Waals surface area contributed by atoms with Gasteiger partial charge in [-0.25, -0.2) is 0 Å². The van der Waals surface area contributed by atoms with Crippen LogP contribution in [0.1, 0.15) is 123 Å². The second kappa shape index (κ2) is 16.4. The van der Waals surface area contributed by atoms with E-state index in [2.05, 4.69) is 26.0 Å². The molecule has 1 rings (SSSR count). The smallest absolute Gasteiger partial charge is 0.312 e. The summed E-state index contributed by atoms with van der Waals surface area (Å²) < 4.78 is 5.23. The normalized spacial score (nSPS) is 19.7. The molecule has 0 aromatic carbocycles. The fourth-order valence-corrected chi connectivity index (χ4v) is 3.86. The molecular weight excluding hydrogens is 320 g/mol. The first-order valence-corrected chi connectivity index (χ1v) is 11.6. The number of esters is 1. The van der Waals surface area contributed by atoms with E-state index in [1.807, 2.05) is 0 Å². The molecule has 152 valence electrons. The molecule has 2 nitrogen and oxygen atoms in total. The highest BCUT2D eigenvalue weighted by Gasteiger charge is 2.39. The predicted octanol–water partition coefficient (Wildman–Crippen LogP) is 7.76. The molecule has 1 heterocycles. The average Bonchev–Trinajstić information content (AvgIpc) is 2.63. The van der Waals surface area contributed by atoms with Crippen molar-refractivity contribution in [3.05, 3.63) is 12.2 Å². The summed E-state index contributed by atoms with van der Waals surface area (Å²) in [5, 5.41) is 0. The van der Waals surface area contributed by atoms with E-state index in [4.69, 9.17) is 4.74 Å². The summed E-state index contributed by atoms with van der Waals surface area (Å²) in [6, 6.07) is 0. The summed E-state index contributed by atoms with van der Waals surface area (Å²) in [5.41, 5.74) is 0. The number of hydrogen-bond acceptors (Lipinski definition) is 2. The molecule has 0 saturated carbocycles. The van der Waals surface area contributed by atoms with E-state index in [-0.39, 0.29) is 18.0 Å². The van der Waals surface area contributed by atoms with E-state index in [1.165, 1.54) is 96.3 Å². The molecule has 0 aromatic heterocycles. The van der Waals surface area contributed by atoms with Gasteiger partial charge < -0.3 is 4.74 Å². The number of allylic oxidation sites excluding steroid dienone is 2. The van der Waals surface area contributed by atoms with Crippen LogP contribution in [-0.2, 0) is 9.53 Å². The van der Waals surface area contributed by atoms with Gasteiger partial charge in [-0.2, -0.15) is 0 Å². The highest BCUT2D eigenvalue weighted by Crippen LogP contribution is 2.29. The predicted molar refractivity (Wildman–Crippen MR) is 112 cm³/mol. The first-order valence-electron chi connectivity index (χ1n) is 11.6. The van der Waals surface area contributed by atoms with Gasteiger partial charge >= 0.3 is 5.97 Å². The summed E-state index contributed by atoms with van der Waals surface area (Å²) in [6.07, 6.45) is 27.3. The fourth-order valence-electron chi connectivity index (χ4n) is 3.86. The highest BCUT2D eigenvalue weighted by molar-refractivity contribution is 5.78. The van der Waals surface area contributed by atoms with E-state index in [9.17, 15) is 4.79 Å². The van der Waals surface area contributed by atoms with Crippen molar-refractivity contribution < 1.29 is 9.53 Å². The molecule has 26 heavy (non-hydrogen) atoms. The van der Waals surface area contributed by atoms with Crippen LogP contribution in [0.2, 0.25) is 0 Å². The zero-order chi connectivity index (χ0) is 18.9. The highest BCUT2D eigenvalue weighted by atomic mass is 16.6. The van der Waals surface area contributed by atoms with Crippen molar-refractivity contribution in [1.29, 1.82) is 0 Å². The van der Waals surface area contributed by atoms with Crippen molar-refractivity contribution >= 4 is 5.97 Å². The minimum Gasteiger partial charge on any atom is -0.461 e. The molecule has 1 fully saturated rings. The summed E-state index contributed by atoms with van der Waals surface area (Å²) in [6.45, 7) is 4.36. The molecule has 0 N–H and O–H groups in total.